The summed E-state index contributed by atoms with van der Waals surface area (Å²) in [5.74, 6) is 1.06. The fourth-order valence-corrected chi connectivity index (χ4v) is 3.86. The van der Waals surface area contributed by atoms with E-state index in [4.69, 9.17) is 4.74 Å². The fourth-order valence-electron chi connectivity index (χ4n) is 3.02. The normalized spacial score (nSPS) is 17.8. The third-order valence-corrected chi connectivity index (χ3v) is 5.19. The molecule has 1 fully saturated rings. The number of thiophene rings is 1. The average molecular weight is 380 g/mol. The number of hydrogen-bond donors (Lipinski definition) is 0. The van der Waals surface area contributed by atoms with Gasteiger partial charge in [0.1, 0.15) is 23.1 Å². The standard InChI is InChI=1S/C17H15F3N4OS/c1-10-6-13-15(22-9-23-16(13)26-10)24-5-4-12(8-24)25-14-3-2-11(7-21-14)17(18,19)20/h2-3,6-7,9,12H,4-5,8H2,1H3. The highest BCUT2D eigenvalue weighted by molar-refractivity contribution is 7.18. The third kappa shape index (κ3) is 3.31. The van der Waals surface area contributed by atoms with Crippen LogP contribution in [-0.2, 0) is 6.18 Å². The first-order valence-electron chi connectivity index (χ1n) is 8.06. The highest BCUT2D eigenvalue weighted by Crippen LogP contribution is 2.32. The van der Waals surface area contributed by atoms with Gasteiger partial charge in [-0.2, -0.15) is 13.2 Å². The topological polar surface area (TPSA) is 51.1 Å². The Kier molecular flexibility index (Phi) is 4.18. The van der Waals surface area contributed by atoms with Gasteiger partial charge in [0.25, 0.3) is 0 Å². The second kappa shape index (κ2) is 6.39. The zero-order chi connectivity index (χ0) is 18.3. The second-order valence-corrected chi connectivity index (χ2v) is 7.37. The third-order valence-electron chi connectivity index (χ3n) is 4.23. The highest BCUT2D eigenvalue weighted by Gasteiger charge is 2.31. The molecule has 0 saturated carbocycles. The molecular weight excluding hydrogens is 365 g/mol. The van der Waals surface area contributed by atoms with Gasteiger partial charge in [0, 0.05) is 30.1 Å². The van der Waals surface area contributed by atoms with Crippen LogP contribution in [0.2, 0.25) is 0 Å². The molecule has 1 unspecified atom stereocenters. The lowest BCUT2D eigenvalue weighted by molar-refractivity contribution is -0.137. The molecule has 1 aliphatic rings. The molecule has 0 amide bonds. The Labute approximate surface area is 151 Å². The molecule has 1 aliphatic heterocycles. The summed E-state index contributed by atoms with van der Waals surface area (Å²) in [5.41, 5.74) is -0.783. The predicted molar refractivity (Wildman–Crippen MR) is 92.6 cm³/mol. The van der Waals surface area contributed by atoms with Gasteiger partial charge in [0.15, 0.2) is 0 Å². The van der Waals surface area contributed by atoms with Crippen molar-refractivity contribution in [3.05, 3.63) is 41.2 Å². The van der Waals surface area contributed by atoms with Crippen LogP contribution in [-0.4, -0.2) is 34.1 Å². The summed E-state index contributed by atoms with van der Waals surface area (Å²) in [6.45, 7) is 3.39. The van der Waals surface area contributed by atoms with Crippen LogP contribution in [0, 0.1) is 6.92 Å². The van der Waals surface area contributed by atoms with E-state index in [1.165, 1.54) is 10.9 Å². The van der Waals surface area contributed by atoms with Gasteiger partial charge in [-0.3, -0.25) is 0 Å². The summed E-state index contributed by atoms with van der Waals surface area (Å²) in [5, 5.41) is 1.02. The van der Waals surface area contributed by atoms with E-state index in [9.17, 15) is 13.2 Å². The van der Waals surface area contributed by atoms with Gasteiger partial charge in [0.2, 0.25) is 5.88 Å². The maximum Gasteiger partial charge on any atom is 0.417 e. The van der Waals surface area contributed by atoms with Crippen molar-refractivity contribution < 1.29 is 17.9 Å². The molecule has 0 bridgehead atoms. The Morgan fingerprint density at radius 3 is 2.81 bits per heavy atom. The molecule has 0 aromatic carbocycles. The van der Waals surface area contributed by atoms with Crippen LogP contribution >= 0.6 is 11.3 Å². The summed E-state index contributed by atoms with van der Waals surface area (Å²) in [6.07, 6.45) is -1.45. The van der Waals surface area contributed by atoms with Crippen molar-refractivity contribution in [2.24, 2.45) is 0 Å². The van der Waals surface area contributed by atoms with Crippen LogP contribution in [0.4, 0.5) is 19.0 Å². The minimum atomic E-state index is -4.40. The number of halogens is 3. The van der Waals surface area contributed by atoms with Gasteiger partial charge >= 0.3 is 6.18 Å². The maximum atomic E-state index is 12.6. The lowest BCUT2D eigenvalue weighted by Crippen LogP contribution is -2.25. The molecule has 0 aliphatic carbocycles. The van der Waals surface area contributed by atoms with Crippen molar-refractivity contribution >= 4 is 27.4 Å². The van der Waals surface area contributed by atoms with Crippen LogP contribution in [0.25, 0.3) is 10.2 Å². The lowest BCUT2D eigenvalue weighted by Gasteiger charge is -2.18. The number of pyridine rings is 1. The van der Waals surface area contributed by atoms with Crippen LogP contribution in [0.1, 0.15) is 16.9 Å². The van der Waals surface area contributed by atoms with E-state index in [0.717, 1.165) is 41.3 Å². The monoisotopic (exact) mass is 380 g/mol. The molecule has 136 valence electrons. The summed E-state index contributed by atoms with van der Waals surface area (Å²) in [7, 11) is 0. The number of aromatic nitrogens is 3. The first kappa shape index (κ1) is 17.0. The molecule has 9 heteroatoms. The molecule has 1 saturated heterocycles. The highest BCUT2D eigenvalue weighted by atomic mass is 32.1. The van der Waals surface area contributed by atoms with E-state index in [-0.39, 0.29) is 12.0 Å². The number of alkyl halides is 3. The molecule has 3 aromatic heterocycles. The van der Waals surface area contributed by atoms with Gasteiger partial charge < -0.3 is 9.64 Å². The number of hydrogen-bond acceptors (Lipinski definition) is 6. The molecule has 4 rings (SSSR count). The van der Waals surface area contributed by atoms with Crippen molar-refractivity contribution in [3.63, 3.8) is 0 Å². The van der Waals surface area contributed by atoms with E-state index >= 15 is 0 Å². The number of nitrogens with zero attached hydrogens (tertiary/aromatic N) is 4. The number of rotatable bonds is 3. The number of ether oxygens (including phenoxy) is 1. The van der Waals surface area contributed by atoms with E-state index in [2.05, 4.69) is 25.9 Å². The van der Waals surface area contributed by atoms with Crippen molar-refractivity contribution in [3.8, 4) is 5.88 Å². The van der Waals surface area contributed by atoms with Gasteiger partial charge in [-0.15, -0.1) is 11.3 Å². The summed E-state index contributed by atoms with van der Waals surface area (Å²) in [4.78, 5) is 16.7. The molecule has 5 nitrogen and oxygen atoms in total. The molecule has 4 heterocycles. The molecule has 0 spiro atoms. The minimum Gasteiger partial charge on any atom is -0.472 e. The number of aryl methyl sites for hydroxylation is 1. The Balaban J connectivity index is 1.47. The fraction of sp³-hybridized carbons (Fsp3) is 0.353. The van der Waals surface area contributed by atoms with E-state index < -0.39 is 11.7 Å². The second-order valence-electron chi connectivity index (χ2n) is 6.13. The quantitative estimate of drug-likeness (QED) is 0.686. The van der Waals surface area contributed by atoms with Crippen LogP contribution < -0.4 is 9.64 Å². The molecule has 0 N–H and O–H groups in total. The molecule has 0 radical (unpaired) electrons. The Morgan fingerprint density at radius 1 is 1.23 bits per heavy atom. The first-order valence-corrected chi connectivity index (χ1v) is 8.88. The smallest absolute Gasteiger partial charge is 0.417 e. The van der Waals surface area contributed by atoms with E-state index in [1.54, 1.807) is 17.7 Å². The van der Waals surface area contributed by atoms with Crippen LogP contribution in [0.5, 0.6) is 5.88 Å². The van der Waals surface area contributed by atoms with E-state index in [1.807, 2.05) is 6.92 Å². The Bertz CT molecular complexity index is 926. The Hall–Kier alpha value is -2.42. The largest absolute Gasteiger partial charge is 0.472 e. The Morgan fingerprint density at radius 2 is 2.08 bits per heavy atom. The molecule has 1 atom stereocenters. The SMILES string of the molecule is Cc1cc2c(N3CCC(Oc4ccc(C(F)(F)F)cn4)C3)ncnc2s1. The van der Waals surface area contributed by atoms with Gasteiger partial charge in [-0.1, -0.05) is 0 Å². The zero-order valence-corrected chi connectivity index (χ0v) is 14.6. The van der Waals surface area contributed by atoms with Gasteiger partial charge in [-0.05, 0) is 19.1 Å². The summed E-state index contributed by atoms with van der Waals surface area (Å²) >= 11 is 1.62. The lowest BCUT2D eigenvalue weighted by atomic mass is 10.3. The first-order chi connectivity index (χ1) is 12.4. The molecule has 26 heavy (non-hydrogen) atoms. The van der Waals surface area contributed by atoms with Crippen LogP contribution in [0.15, 0.2) is 30.7 Å². The van der Waals surface area contributed by atoms with Crippen molar-refractivity contribution in [2.45, 2.75) is 25.6 Å². The van der Waals surface area contributed by atoms with Crippen molar-refractivity contribution in [2.75, 3.05) is 18.0 Å². The van der Waals surface area contributed by atoms with Gasteiger partial charge in [0.05, 0.1) is 17.5 Å². The van der Waals surface area contributed by atoms with Crippen LogP contribution in [0.3, 0.4) is 0 Å². The number of anilines is 1. The molecule has 3 aromatic rings. The zero-order valence-electron chi connectivity index (χ0n) is 13.8. The average Bonchev–Trinajstić information content (AvgIpc) is 3.19. The number of fused-ring (bicyclic) bond motifs is 1. The minimum absolute atomic E-state index is 0.149. The summed E-state index contributed by atoms with van der Waals surface area (Å²) < 4.78 is 43.5. The van der Waals surface area contributed by atoms with E-state index in [0.29, 0.717) is 6.54 Å². The van der Waals surface area contributed by atoms with Gasteiger partial charge in [-0.25, -0.2) is 15.0 Å². The van der Waals surface area contributed by atoms with Crippen molar-refractivity contribution in [1.82, 2.24) is 15.0 Å². The maximum absolute atomic E-state index is 12.6. The predicted octanol–water partition coefficient (Wildman–Crippen LogP) is 4.07. The molecular formula is C17H15F3N4OS. The summed E-state index contributed by atoms with van der Waals surface area (Å²) in [6, 6.07) is 4.31. The van der Waals surface area contributed by atoms with Crippen molar-refractivity contribution in [1.29, 1.82) is 0 Å².